The second kappa shape index (κ2) is 9.42. The number of hydrogen-bond acceptors (Lipinski definition) is 3. The molecule has 0 aliphatic carbocycles. The third-order valence-corrected chi connectivity index (χ3v) is 3.55. The lowest BCUT2D eigenvalue weighted by Crippen LogP contribution is -2.26. The van der Waals surface area contributed by atoms with Crippen LogP contribution in [0.25, 0.3) is 0 Å². The molecule has 132 valence electrons. The minimum atomic E-state index is -0.991. The van der Waals surface area contributed by atoms with E-state index in [1.54, 1.807) is 24.3 Å². The summed E-state index contributed by atoms with van der Waals surface area (Å²) in [5.74, 6) is -0.954. The van der Waals surface area contributed by atoms with Crippen LogP contribution in [0.2, 0.25) is 0 Å². The maximum atomic E-state index is 13.6. The Balaban J connectivity index is 1.79. The molecule has 0 bridgehead atoms. The number of hydrogen-bond donors (Lipinski definition) is 2. The first-order valence-electron chi connectivity index (χ1n) is 7.98. The Hall–Kier alpha value is -2.89. The SMILES string of the molecule is O=C(O)CCC(=O)NCCc1cccc(OCc2ccccc2F)c1. The largest absolute Gasteiger partial charge is 0.489 e. The molecule has 0 spiro atoms. The number of halogens is 1. The van der Waals surface area contributed by atoms with E-state index < -0.39 is 5.97 Å². The maximum absolute atomic E-state index is 13.6. The van der Waals surface area contributed by atoms with E-state index in [-0.39, 0.29) is 31.2 Å². The van der Waals surface area contributed by atoms with Crippen LogP contribution < -0.4 is 10.1 Å². The molecule has 0 unspecified atom stereocenters. The predicted molar refractivity (Wildman–Crippen MR) is 90.8 cm³/mol. The topological polar surface area (TPSA) is 75.6 Å². The number of amides is 1. The molecule has 0 aromatic heterocycles. The van der Waals surface area contributed by atoms with Crippen LogP contribution >= 0.6 is 0 Å². The summed E-state index contributed by atoms with van der Waals surface area (Å²) in [5, 5.41) is 11.2. The highest BCUT2D eigenvalue weighted by Gasteiger charge is 2.05. The van der Waals surface area contributed by atoms with E-state index >= 15 is 0 Å². The van der Waals surface area contributed by atoms with E-state index in [0.29, 0.717) is 24.3 Å². The summed E-state index contributed by atoms with van der Waals surface area (Å²) in [6, 6.07) is 13.8. The molecule has 2 rings (SSSR count). The van der Waals surface area contributed by atoms with E-state index in [2.05, 4.69) is 5.32 Å². The van der Waals surface area contributed by atoms with Crippen LogP contribution in [-0.4, -0.2) is 23.5 Å². The Morgan fingerprint density at radius 1 is 1.08 bits per heavy atom. The number of carboxylic acids is 1. The van der Waals surface area contributed by atoms with Crippen LogP contribution in [-0.2, 0) is 22.6 Å². The Morgan fingerprint density at radius 2 is 1.88 bits per heavy atom. The molecule has 0 saturated heterocycles. The second-order valence-electron chi connectivity index (χ2n) is 5.52. The van der Waals surface area contributed by atoms with Crippen molar-refractivity contribution in [2.45, 2.75) is 25.9 Å². The summed E-state index contributed by atoms with van der Waals surface area (Å²) in [5.41, 5.74) is 1.45. The fourth-order valence-electron chi connectivity index (χ4n) is 2.22. The van der Waals surface area contributed by atoms with Gasteiger partial charge in [0.15, 0.2) is 0 Å². The lowest BCUT2D eigenvalue weighted by atomic mass is 10.1. The first-order chi connectivity index (χ1) is 12.0. The van der Waals surface area contributed by atoms with Gasteiger partial charge in [0.25, 0.3) is 0 Å². The maximum Gasteiger partial charge on any atom is 0.303 e. The zero-order valence-electron chi connectivity index (χ0n) is 13.7. The number of carbonyl (C=O) groups is 2. The Morgan fingerprint density at radius 3 is 2.64 bits per heavy atom. The number of benzene rings is 2. The third kappa shape index (κ3) is 6.63. The van der Waals surface area contributed by atoms with Crippen molar-refractivity contribution in [1.82, 2.24) is 5.32 Å². The molecule has 2 aromatic rings. The van der Waals surface area contributed by atoms with Crippen molar-refractivity contribution >= 4 is 11.9 Å². The second-order valence-corrected chi connectivity index (χ2v) is 5.52. The average Bonchev–Trinajstić information content (AvgIpc) is 2.60. The first kappa shape index (κ1) is 18.4. The molecule has 6 heteroatoms. The Kier molecular flexibility index (Phi) is 6.95. The van der Waals surface area contributed by atoms with Gasteiger partial charge in [0.1, 0.15) is 18.2 Å². The van der Waals surface area contributed by atoms with E-state index in [1.807, 2.05) is 18.2 Å². The van der Waals surface area contributed by atoms with Crippen molar-refractivity contribution in [3.05, 3.63) is 65.5 Å². The zero-order chi connectivity index (χ0) is 18.1. The highest BCUT2D eigenvalue weighted by Crippen LogP contribution is 2.16. The summed E-state index contributed by atoms with van der Waals surface area (Å²) >= 11 is 0. The number of carboxylic acid groups (broad SMARTS) is 1. The molecule has 25 heavy (non-hydrogen) atoms. The van der Waals surface area contributed by atoms with Gasteiger partial charge < -0.3 is 15.2 Å². The molecule has 2 aromatic carbocycles. The lowest BCUT2D eigenvalue weighted by molar-refractivity contribution is -0.138. The molecule has 0 aliphatic rings. The average molecular weight is 345 g/mol. The zero-order valence-corrected chi connectivity index (χ0v) is 13.7. The molecule has 0 saturated carbocycles. The molecular formula is C19H20FNO4. The van der Waals surface area contributed by atoms with Gasteiger partial charge in [0, 0.05) is 18.5 Å². The van der Waals surface area contributed by atoms with Crippen molar-refractivity contribution in [2.24, 2.45) is 0 Å². The smallest absolute Gasteiger partial charge is 0.303 e. The van der Waals surface area contributed by atoms with Crippen LogP contribution in [0.4, 0.5) is 4.39 Å². The van der Waals surface area contributed by atoms with Gasteiger partial charge in [-0.1, -0.05) is 30.3 Å². The summed E-state index contributed by atoms with van der Waals surface area (Å²) < 4.78 is 19.2. The van der Waals surface area contributed by atoms with Crippen LogP contribution in [0.1, 0.15) is 24.0 Å². The monoisotopic (exact) mass is 345 g/mol. The van der Waals surface area contributed by atoms with Gasteiger partial charge in [-0.2, -0.15) is 0 Å². The van der Waals surface area contributed by atoms with Gasteiger partial charge in [-0.25, -0.2) is 4.39 Å². The number of aliphatic carboxylic acids is 1. The van der Waals surface area contributed by atoms with E-state index in [4.69, 9.17) is 9.84 Å². The van der Waals surface area contributed by atoms with Gasteiger partial charge in [0.05, 0.1) is 6.42 Å². The highest BCUT2D eigenvalue weighted by atomic mass is 19.1. The van der Waals surface area contributed by atoms with Crippen LogP contribution in [0.5, 0.6) is 5.75 Å². The molecule has 0 heterocycles. The Labute approximate surface area is 145 Å². The van der Waals surface area contributed by atoms with Crippen LogP contribution in [0, 0.1) is 5.82 Å². The summed E-state index contributed by atoms with van der Waals surface area (Å²) in [6.07, 6.45) is 0.391. The van der Waals surface area contributed by atoms with E-state index in [1.165, 1.54) is 6.07 Å². The van der Waals surface area contributed by atoms with Gasteiger partial charge in [-0.3, -0.25) is 9.59 Å². The summed E-state index contributed by atoms with van der Waals surface area (Å²) in [6.45, 7) is 0.553. The van der Waals surface area contributed by atoms with Crippen LogP contribution in [0.3, 0.4) is 0 Å². The van der Waals surface area contributed by atoms with Gasteiger partial charge >= 0.3 is 5.97 Å². The van der Waals surface area contributed by atoms with Crippen molar-refractivity contribution in [3.8, 4) is 5.75 Å². The van der Waals surface area contributed by atoms with Gasteiger partial charge in [-0.05, 0) is 30.2 Å². The summed E-state index contributed by atoms with van der Waals surface area (Å²) in [7, 11) is 0. The third-order valence-electron chi connectivity index (χ3n) is 3.55. The van der Waals surface area contributed by atoms with Crippen molar-refractivity contribution < 1.29 is 23.8 Å². The molecule has 1 amide bonds. The Bertz CT molecular complexity index is 733. The van der Waals surface area contributed by atoms with Gasteiger partial charge in [-0.15, -0.1) is 0 Å². The minimum absolute atomic E-state index is 0.0267. The molecule has 0 fully saturated rings. The normalized spacial score (nSPS) is 10.3. The van der Waals surface area contributed by atoms with E-state index in [0.717, 1.165) is 5.56 Å². The number of carbonyl (C=O) groups excluding carboxylic acids is 1. The molecule has 0 radical (unpaired) electrons. The fraction of sp³-hybridized carbons (Fsp3) is 0.263. The fourth-order valence-corrected chi connectivity index (χ4v) is 2.22. The van der Waals surface area contributed by atoms with Crippen molar-refractivity contribution in [1.29, 1.82) is 0 Å². The molecule has 0 atom stereocenters. The van der Waals surface area contributed by atoms with Gasteiger partial charge in [0.2, 0.25) is 5.91 Å². The van der Waals surface area contributed by atoms with Crippen molar-refractivity contribution in [3.63, 3.8) is 0 Å². The highest BCUT2D eigenvalue weighted by molar-refractivity contribution is 5.80. The predicted octanol–water partition coefficient (Wildman–Crippen LogP) is 2.93. The molecular weight excluding hydrogens is 325 g/mol. The first-order valence-corrected chi connectivity index (χ1v) is 7.98. The quantitative estimate of drug-likeness (QED) is 0.733. The van der Waals surface area contributed by atoms with Crippen LogP contribution in [0.15, 0.2) is 48.5 Å². The molecule has 2 N–H and O–H groups in total. The summed E-state index contributed by atoms with van der Waals surface area (Å²) in [4.78, 5) is 21.9. The molecule has 5 nitrogen and oxygen atoms in total. The lowest BCUT2D eigenvalue weighted by Gasteiger charge is -2.09. The number of ether oxygens (including phenoxy) is 1. The molecule has 0 aliphatic heterocycles. The number of rotatable bonds is 9. The standard InChI is InChI=1S/C19H20FNO4/c20-17-7-2-1-5-15(17)13-25-16-6-3-4-14(12-16)10-11-21-18(22)8-9-19(23)24/h1-7,12H,8-11,13H2,(H,21,22)(H,23,24). The minimum Gasteiger partial charge on any atom is -0.489 e. The number of nitrogens with one attached hydrogen (secondary N) is 1. The van der Waals surface area contributed by atoms with Crippen molar-refractivity contribution in [2.75, 3.05) is 6.54 Å². The van der Waals surface area contributed by atoms with E-state index in [9.17, 15) is 14.0 Å².